The van der Waals surface area contributed by atoms with E-state index in [4.69, 9.17) is 0 Å². The summed E-state index contributed by atoms with van der Waals surface area (Å²) < 4.78 is 37.8. The number of amides is 1. The van der Waals surface area contributed by atoms with Crippen molar-refractivity contribution in [3.8, 4) is 0 Å². The molecule has 28 heavy (non-hydrogen) atoms. The number of thiazole rings is 1. The first kappa shape index (κ1) is 22.4. The van der Waals surface area contributed by atoms with Crippen LogP contribution in [0.15, 0.2) is 10.4 Å². The Morgan fingerprint density at radius 1 is 1.39 bits per heavy atom. The lowest BCUT2D eigenvalue weighted by atomic mass is 9.85. The molecule has 1 aliphatic carbocycles. The topological polar surface area (TPSA) is 78.4 Å². The van der Waals surface area contributed by atoms with Gasteiger partial charge in [-0.1, -0.05) is 6.42 Å². The van der Waals surface area contributed by atoms with Crippen molar-refractivity contribution in [3.63, 3.8) is 0 Å². The van der Waals surface area contributed by atoms with Crippen molar-refractivity contribution in [2.45, 2.75) is 64.2 Å². The standard InChI is InChI=1S/C18H28F3N5OS/c1-11(2)24-16(27)12-5-4-6-13(9-12)25-17(22-3)23-8-7-15-26-14(10-28-15)18(19,20)21/h10-13H,4-9H2,1-3H3,(H,24,27)(H2,22,23,25). The van der Waals surface area contributed by atoms with Crippen molar-refractivity contribution in [2.24, 2.45) is 10.9 Å². The van der Waals surface area contributed by atoms with E-state index in [1.54, 1.807) is 7.05 Å². The summed E-state index contributed by atoms with van der Waals surface area (Å²) >= 11 is 1.00. The van der Waals surface area contributed by atoms with Crippen molar-refractivity contribution < 1.29 is 18.0 Å². The van der Waals surface area contributed by atoms with Gasteiger partial charge in [0.25, 0.3) is 0 Å². The zero-order valence-corrected chi connectivity index (χ0v) is 17.2. The van der Waals surface area contributed by atoms with Gasteiger partial charge in [-0.05, 0) is 33.1 Å². The summed E-state index contributed by atoms with van der Waals surface area (Å²) in [6.45, 7) is 4.32. The molecule has 158 valence electrons. The van der Waals surface area contributed by atoms with Crippen LogP contribution < -0.4 is 16.0 Å². The maximum atomic E-state index is 12.6. The molecule has 1 fully saturated rings. The van der Waals surface area contributed by atoms with Crippen molar-refractivity contribution in [3.05, 3.63) is 16.1 Å². The molecule has 0 bridgehead atoms. The van der Waals surface area contributed by atoms with Gasteiger partial charge < -0.3 is 16.0 Å². The van der Waals surface area contributed by atoms with E-state index in [1.165, 1.54) is 0 Å². The number of rotatable bonds is 6. The zero-order chi connectivity index (χ0) is 20.7. The highest BCUT2D eigenvalue weighted by molar-refractivity contribution is 7.09. The molecule has 1 heterocycles. The van der Waals surface area contributed by atoms with Gasteiger partial charge in [0.05, 0.1) is 5.01 Å². The first-order valence-electron chi connectivity index (χ1n) is 9.48. The minimum Gasteiger partial charge on any atom is -0.356 e. The summed E-state index contributed by atoms with van der Waals surface area (Å²) in [6.07, 6.45) is -0.489. The summed E-state index contributed by atoms with van der Waals surface area (Å²) in [5.74, 6) is 0.666. The molecular formula is C18H28F3N5OS. The Balaban J connectivity index is 1.79. The number of halogens is 3. The van der Waals surface area contributed by atoms with Gasteiger partial charge in [0.2, 0.25) is 5.91 Å². The molecule has 10 heteroatoms. The van der Waals surface area contributed by atoms with Gasteiger partial charge in [-0.3, -0.25) is 9.79 Å². The number of nitrogens with one attached hydrogen (secondary N) is 3. The molecule has 0 saturated heterocycles. The van der Waals surface area contributed by atoms with Crippen molar-refractivity contribution >= 4 is 23.2 Å². The Morgan fingerprint density at radius 3 is 2.75 bits per heavy atom. The lowest BCUT2D eigenvalue weighted by molar-refractivity contribution is -0.140. The van der Waals surface area contributed by atoms with Gasteiger partial charge in [-0.15, -0.1) is 11.3 Å². The number of hydrogen-bond acceptors (Lipinski definition) is 4. The van der Waals surface area contributed by atoms with E-state index in [2.05, 4.69) is 25.9 Å². The average Bonchev–Trinajstić information content (AvgIpc) is 3.10. The second-order valence-corrected chi connectivity index (χ2v) is 8.18. The fourth-order valence-corrected chi connectivity index (χ4v) is 4.00. The number of hydrogen-bond donors (Lipinski definition) is 3. The molecule has 1 amide bonds. The van der Waals surface area contributed by atoms with Gasteiger partial charge in [0, 0.05) is 43.4 Å². The third-order valence-electron chi connectivity index (χ3n) is 4.51. The molecule has 1 aromatic heterocycles. The maximum Gasteiger partial charge on any atom is 0.434 e. The molecule has 3 N–H and O–H groups in total. The predicted molar refractivity (Wildman–Crippen MR) is 104 cm³/mol. The van der Waals surface area contributed by atoms with Gasteiger partial charge >= 0.3 is 6.18 Å². The van der Waals surface area contributed by atoms with Gasteiger partial charge in [-0.25, -0.2) is 4.98 Å². The first-order chi connectivity index (χ1) is 13.2. The molecule has 0 radical (unpaired) electrons. The van der Waals surface area contributed by atoms with Crippen LogP contribution >= 0.6 is 11.3 Å². The quantitative estimate of drug-likeness (QED) is 0.489. The largest absolute Gasteiger partial charge is 0.434 e. The molecule has 6 nitrogen and oxygen atoms in total. The smallest absolute Gasteiger partial charge is 0.356 e. The Bertz CT molecular complexity index is 674. The summed E-state index contributed by atoms with van der Waals surface area (Å²) in [5, 5.41) is 10.9. The van der Waals surface area contributed by atoms with Crippen molar-refractivity contribution in [1.29, 1.82) is 0 Å². The molecule has 1 aliphatic rings. The Kier molecular flexibility index (Phi) is 8.09. The van der Waals surface area contributed by atoms with Crippen LogP contribution in [0.3, 0.4) is 0 Å². The van der Waals surface area contributed by atoms with E-state index in [1.807, 2.05) is 13.8 Å². The SMILES string of the molecule is CN=C(NCCc1nc(C(F)(F)F)cs1)NC1CCCC(C(=O)NC(C)C)C1. The third kappa shape index (κ3) is 6.96. The second kappa shape index (κ2) is 10.1. The molecule has 2 unspecified atom stereocenters. The zero-order valence-electron chi connectivity index (χ0n) is 16.4. The summed E-state index contributed by atoms with van der Waals surface area (Å²) in [4.78, 5) is 20.0. The van der Waals surface area contributed by atoms with E-state index in [-0.39, 0.29) is 23.9 Å². The highest BCUT2D eigenvalue weighted by atomic mass is 32.1. The molecular weight excluding hydrogens is 391 g/mol. The van der Waals surface area contributed by atoms with E-state index >= 15 is 0 Å². The monoisotopic (exact) mass is 419 g/mol. The maximum absolute atomic E-state index is 12.6. The van der Waals surface area contributed by atoms with Crippen LogP contribution in [0.2, 0.25) is 0 Å². The molecule has 0 spiro atoms. The van der Waals surface area contributed by atoms with Crippen molar-refractivity contribution in [2.75, 3.05) is 13.6 Å². The Hall–Kier alpha value is -1.84. The normalized spacial score (nSPS) is 20.9. The molecule has 0 aromatic carbocycles. The van der Waals surface area contributed by atoms with Crippen LogP contribution in [0.4, 0.5) is 13.2 Å². The average molecular weight is 420 g/mol. The fraction of sp³-hybridized carbons (Fsp3) is 0.722. The number of nitrogens with zero attached hydrogens (tertiary/aromatic N) is 2. The number of alkyl halides is 3. The summed E-state index contributed by atoms with van der Waals surface area (Å²) in [5.41, 5.74) is -0.845. The van der Waals surface area contributed by atoms with Crippen LogP contribution in [-0.2, 0) is 17.4 Å². The number of aromatic nitrogens is 1. The minimum atomic E-state index is -4.40. The molecule has 2 rings (SSSR count). The predicted octanol–water partition coefficient (Wildman–Crippen LogP) is 2.95. The van der Waals surface area contributed by atoms with Crippen LogP contribution in [0, 0.1) is 5.92 Å². The van der Waals surface area contributed by atoms with Gasteiger partial charge in [0.1, 0.15) is 0 Å². The molecule has 0 aliphatic heterocycles. The third-order valence-corrected chi connectivity index (χ3v) is 5.42. The second-order valence-electron chi connectivity index (χ2n) is 7.24. The summed E-state index contributed by atoms with van der Waals surface area (Å²) in [7, 11) is 1.65. The van der Waals surface area contributed by atoms with Crippen molar-refractivity contribution in [1.82, 2.24) is 20.9 Å². The van der Waals surface area contributed by atoms with Crippen LogP contribution in [0.5, 0.6) is 0 Å². The Morgan fingerprint density at radius 2 is 2.14 bits per heavy atom. The molecule has 2 atom stereocenters. The molecule has 1 aromatic rings. The van der Waals surface area contributed by atoms with Gasteiger partial charge in [-0.2, -0.15) is 13.2 Å². The highest BCUT2D eigenvalue weighted by Gasteiger charge is 2.33. The summed E-state index contributed by atoms with van der Waals surface area (Å²) in [6, 6.07) is 0.263. The lowest BCUT2D eigenvalue weighted by Gasteiger charge is -2.30. The first-order valence-corrected chi connectivity index (χ1v) is 10.4. The number of aliphatic imine (C=N–C) groups is 1. The van der Waals surface area contributed by atoms with Crippen LogP contribution in [0.25, 0.3) is 0 Å². The van der Waals surface area contributed by atoms with Crippen LogP contribution in [0.1, 0.15) is 50.2 Å². The van der Waals surface area contributed by atoms with E-state index in [0.717, 1.165) is 42.4 Å². The number of guanidine groups is 1. The number of carbonyl (C=O) groups excluding carboxylic acids is 1. The van der Waals surface area contributed by atoms with Gasteiger partial charge in [0.15, 0.2) is 11.7 Å². The number of carbonyl (C=O) groups is 1. The van der Waals surface area contributed by atoms with Crippen LogP contribution in [-0.4, -0.2) is 42.5 Å². The highest BCUT2D eigenvalue weighted by Crippen LogP contribution is 2.30. The van der Waals surface area contributed by atoms with E-state index in [9.17, 15) is 18.0 Å². The fourth-order valence-electron chi connectivity index (χ4n) is 3.19. The van der Waals surface area contributed by atoms with E-state index < -0.39 is 11.9 Å². The Labute approximate surface area is 167 Å². The van der Waals surface area contributed by atoms with E-state index in [0.29, 0.717) is 23.9 Å². The minimum absolute atomic E-state index is 0.0112. The molecule has 1 saturated carbocycles. The lowest BCUT2D eigenvalue weighted by Crippen LogP contribution is -2.47.